The zero-order valence-electron chi connectivity index (χ0n) is 14.9. The molecule has 8 heteroatoms. The largest absolute Gasteiger partial charge is 0.309 e. The van der Waals surface area contributed by atoms with Crippen molar-refractivity contribution in [3.05, 3.63) is 69.7 Å². The number of hydrogen-bond acceptors (Lipinski definition) is 4. The van der Waals surface area contributed by atoms with E-state index in [1.165, 1.54) is 10.4 Å². The third kappa shape index (κ3) is 4.21. The highest BCUT2D eigenvalue weighted by Gasteiger charge is 2.27. The predicted octanol–water partition coefficient (Wildman–Crippen LogP) is 3.57. The molecule has 0 radical (unpaired) electrons. The summed E-state index contributed by atoms with van der Waals surface area (Å²) in [5.41, 5.74) is 0.239. The van der Waals surface area contributed by atoms with E-state index < -0.39 is 10.0 Å². The van der Waals surface area contributed by atoms with E-state index in [2.05, 4.69) is 9.97 Å². The van der Waals surface area contributed by atoms with Crippen molar-refractivity contribution in [1.82, 2.24) is 14.3 Å². The van der Waals surface area contributed by atoms with Gasteiger partial charge >= 0.3 is 0 Å². The van der Waals surface area contributed by atoms with Crippen LogP contribution in [-0.2, 0) is 16.6 Å². The Kier molecular flexibility index (Phi) is 5.94. The zero-order valence-corrected chi connectivity index (χ0v) is 16.4. The lowest BCUT2D eigenvalue weighted by molar-refractivity contribution is 0.389. The quantitative estimate of drug-likeness (QED) is 0.651. The lowest BCUT2D eigenvalue weighted by atomic mass is 10.2. The fraction of sp³-hybridized carbons (Fsp3) is 0.263. The highest BCUT2D eigenvalue weighted by atomic mass is 35.5. The Balaban J connectivity index is 2.01. The number of aromatic amines is 1. The van der Waals surface area contributed by atoms with Crippen LogP contribution in [0.1, 0.15) is 25.6 Å². The second-order valence-electron chi connectivity index (χ2n) is 6.15. The van der Waals surface area contributed by atoms with Gasteiger partial charge in [0.2, 0.25) is 10.0 Å². The Labute approximate surface area is 162 Å². The van der Waals surface area contributed by atoms with Crippen molar-refractivity contribution in [2.45, 2.75) is 31.2 Å². The molecule has 1 heterocycles. The second kappa shape index (κ2) is 8.21. The minimum absolute atomic E-state index is 0.0341. The van der Waals surface area contributed by atoms with Crippen molar-refractivity contribution >= 4 is 32.5 Å². The topological polar surface area (TPSA) is 83.1 Å². The van der Waals surface area contributed by atoms with Gasteiger partial charge in [-0.3, -0.25) is 4.79 Å². The van der Waals surface area contributed by atoms with E-state index in [4.69, 9.17) is 11.6 Å². The minimum atomic E-state index is -3.83. The first-order valence-corrected chi connectivity index (χ1v) is 10.5. The summed E-state index contributed by atoms with van der Waals surface area (Å²) < 4.78 is 27.6. The van der Waals surface area contributed by atoms with Crippen molar-refractivity contribution in [3.63, 3.8) is 0 Å². The number of unbranched alkanes of at least 4 members (excludes halogenated alkanes) is 1. The van der Waals surface area contributed by atoms with Gasteiger partial charge in [0.15, 0.2) is 0 Å². The Hall–Kier alpha value is -2.22. The van der Waals surface area contributed by atoms with Crippen LogP contribution in [0.25, 0.3) is 10.9 Å². The summed E-state index contributed by atoms with van der Waals surface area (Å²) in [6, 6.07) is 13.3. The molecule has 6 nitrogen and oxygen atoms in total. The van der Waals surface area contributed by atoms with Crippen molar-refractivity contribution in [1.29, 1.82) is 0 Å². The molecule has 0 aliphatic rings. The van der Waals surface area contributed by atoms with Crippen LogP contribution in [-0.4, -0.2) is 29.2 Å². The van der Waals surface area contributed by atoms with Gasteiger partial charge < -0.3 is 4.98 Å². The fourth-order valence-corrected chi connectivity index (χ4v) is 4.72. The van der Waals surface area contributed by atoms with Gasteiger partial charge in [0.25, 0.3) is 5.56 Å². The number of para-hydroxylation sites is 1. The van der Waals surface area contributed by atoms with Crippen LogP contribution >= 0.6 is 11.6 Å². The van der Waals surface area contributed by atoms with Crippen LogP contribution in [0.4, 0.5) is 0 Å². The van der Waals surface area contributed by atoms with E-state index in [9.17, 15) is 13.2 Å². The summed E-state index contributed by atoms with van der Waals surface area (Å²) in [6.45, 7) is 2.25. The molecule has 0 saturated carbocycles. The third-order valence-corrected chi connectivity index (χ3v) is 6.55. The summed E-state index contributed by atoms with van der Waals surface area (Å²) in [7, 11) is -3.83. The second-order valence-corrected chi connectivity index (χ2v) is 8.47. The number of aromatic nitrogens is 2. The minimum Gasteiger partial charge on any atom is -0.309 e. The highest BCUT2D eigenvalue weighted by molar-refractivity contribution is 7.89. The lowest BCUT2D eigenvalue weighted by Crippen LogP contribution is -2.33. The zero-order chi connectivity index (χ0) is 19.4. The normalized spacial score (nSPS) is 12.0. The summed E-state index contributed by atoms with van der Waals surface area (Å²) in [5, 5.41) is 0.634. The molecule has 0 bridgehead atoms. The molecule has 0 aliphatic carbocycles. The van der Waals surface area contributed by atoms with Gasteiger partial charge in [0.1, 0.15) is 10.7 Å². The smallest absolute Gasteiger partial charge is 0.258 e. The van der Waals surface area contributed by atoms with Crippen molar-refractivity contribution in [3.8, 4) is 0 Å². The molecule has 0 aliphatic heterocycles. The standard InChI is InChI=1S/C19H20ClN3O3S/c1-2-3-12-23(27(25,26)17-11-7-5-9-15(17)20)13-18-21-16-10-6-4-8-14(16)19(24)22-18/h4-11H,2-3,12-13H2,1H3,(H,21,22,24). The summed E-state index contributed by atoms with van der Waals surface area (Å²) in [5.74, 6) is 0.297. The van der Waals surface area contributed by atoms with Crippen LogP contribution in [0.2, 0.25) is 5.02 Å². The van der Waals surface area contributed by atoms with Gasteiger partial charge in [-0.1, -0.05) is 49.2 Å². The predicted molar refractivity (Wildman–Crippen MR) is 106 cm³/mol. The Bertz CT molecular complexity index is 1110. The molecule has 2 aromatic carbocycles. The maximum atomic E-state index is 13.1. The van der Waals surface area contributed by atoms with E-state index in [-0.39, 0.29) is 22.0 Å². The number of hydrogen-bond donors (Lipinski definition) is 1. The molecule has 0 unspecified atom stereocenters. The van der Waals surface area contributed by atoms with Gasteiger partial charge in [0, 0.05) is 6.54 Å². The first-order chi connectivity index (χ1) is 12.9. The molecule has 0 fully saturated rings. The maximum absolute atomic E-state index is 13.1. The maximum Gasteiger partial charge on any atom is 0.258 e. The van der Waals surface area contributed by atoms with Crippen LogP contribution in [0.3, 0.4) is 0 Å². The molecule has 0 atom stereocenters. The van der Waals surface area contributed by atoms with Gasteiger partial charge in [-0.25, -0.2) is 13.4 Å². The van der Waals surface area contributed by atoms with Crippen molar-refractivity contribution < 1.29 is 8.42 Å². The Morgan fingerprint density at radius 3 is 2.56 bits per heavy atom. The number of nitrogens with zero attached hydrogens (tertiary/aromatic N) is 2. The molecule has 142 valence electrons. The number of benzene rings is 2. The summed E-state index contributed by atoms with van der Waals surface area (Å²) in [4.78, 5) is 19.4. The molecule has 1 N–H and O–H groups in total. The molecule has 27 heavy (non-hydrogen) atoms. The number of H-pyrrole nitrogens is 1. The lowest BCUT2D eigenvalue weighted by Gasteiger charge is -2.22. The monoisotopic (exact) mass is 405 g/mol. The van der Waals surface area contributed by atoms with E-state index in [1.54, 1.807) is 42.5 Å². The van der Waals surface area contributed by atoms with E-state index in [0.717, 1.165) is 6.42 Å². The first kappa shape index (κ1) is 19.5. The molecule has 3 rings (SSSR count). The molecule has 0 saturated heterocycles. The molecule has 0 amide bonds. The first-order valence-electron chi connectivity index (χ1n) is 8.66. The van der Waals surface area contributed by atoms with Crippen molar-refractivity contribution in [2.75, 3.05) is 6.54 Å². The van der Waals surface area contributed by atoms with Crippen LogP contribution < -0.4 is 5.56 Å². The Morgan fingerprint density at radius 2 is 1.81 bits per heavy atom. The molecule has 3 aromatic rings. The SMILES string of the molecule is CCCCN(Cc1nc2ccccc2c(=O)[nH]1)S(=O)(=O)c1ccccc1Cl. The van der Waals surface area contributed by atoms with E-state index in [1.807, 2.05) is 6.92 Å². The van der Waals surface area contributed by atoms with Gasteiger partial charge in [-0.05, 0) is 30.7 Å². The van der Waals surface area contributed by atoms with Crippen molar-refractivity contribution in [2.24, 2.45) is 0 Å². The summed E-state index contributed by atoms with van der Waals surface area (Å²) >= 11 is 6.11. The number of rotatable bonds is 7. The fourth-order valence-electron chi connectivity index (χ4n) is 2.79. The molecular weight excluding hydrogens is 386 g/mol. The Morgan fingerprint density at radius 1 is 1.11 bits per heavy atom. The van der Waals surface area contributed by atoms with Crippen LogP contribution in [0.5, 0.6) is 0 Å². The average Bonchev–Trinajstić information content (AvgIpc) is 2.65. The third-order valence-electron chi connectivity index (χ3n) is 4.20. The molecule has 0 spiro atoms. The van der Waals surface area contributed by atoms with Gasteiger partial charge in [-0.15, -0.1) is 0 Å². The molecular formula is C19H20ClN3O3S. The van der Waals surface area contributed by atoms with E-state index >= 15 is 0 Å². The number of nitrogens with one attached hydrogen (secondary N) is 1. The van der Waals surface area contributed by atoms with Gasteiger partial charge in [-0.2, -0.15) is 4.31 Å². The van der Waals surface area contributed by atoms with Crippen LogP contribution in [0.15, 0.2) is 58.2 Å². The van der Waals surface area contributed by atoms with Crippen LogP contribution in [0, 0.1) is 0 Å². The summed E-state index contributed by atoms with van der Waals surface area (Å²) in [6.07, 6.45) is 1.51. The number of sulfonamides is 1. The highest BCUT2D eigenvalue weighted by Crippen LogP contribution is 2.25. The average molecular weight is 406 g/mol. The number of fused-ring (bicyclic) bond motifs is 1. The van der Waals surface area contributed by atoms with E-state index in [0.29, 0.717) is 29.7 Å². The number of halogens is 1. The van der Waals surface area contributed by atoms with Gasteiger partial charge in [0.05, 0.1) is 22.5 Å². The molecule has 1 aromatic heterocycles.